The third-order valence-corrected chi connectivity index (χ3v) is 3.29. The van der Waals surface area contributed by atoms with Crippen molar-refractivity contribution in [2.45, 2.75) is 51.6 Å². The van der Waals surface area contributed by atoms with Crippen LogP contribution in [0.25, 0.3) is 0 Å². The van der Waals surface area contributed by atoms with Gasteiger partial charge in [0.2, 0.25) is 0 Å². The quantitative estimate of drug-likeness (QED) is 0.698. The number of nitrogens with one attached hydrogen (secondary N) is 1. The molecule has 0 aromatic heterocycles. The second-order valence-electron chi connectivity index (χ2n) is 4.79. The van der Waals surface area contributed by atoms with Gasteiger partial charge in [-0.3, -0.25) is 4.90 Å². The molecule has 15 heavy (non-hydrogen) atoms. The summed E-state index contributed by atoms with van der Waals surface area (Å²) in [5, 5.41) is 12.5. The fourth-order valence-electron chi connectivity index (χ4n) is 2.25. The molecule has 1 heterocycles. The van der Waals surface area contributed by atoms with E-state index < -0.39 is 0 Å². The molecule has 1 atom stereocenters. The summed E-state index contributed by atoms with van der Waals surface area (Å²) in [5.74, 6) is 0. The summed E-state index contributed by atoms with van der Waals surface area (Å²) in [5.41, 5.74) is 0. The van der Waals surface area contributed by atoms with Crippen molar-refractivity contribution in [3.8, 4) is 0 Å². The maximum absolute atomic E-state index is 8.97. The second-order valence-corrected chi connectivity index (χ2v) is 4.79. The number of piperidine rings is 1. The van der Waals surface area contributed by atoms with Crippen molar-refractivity contribution in [3.63, 3.8) is 0 Å². The number of aliphatic hydroxyl groups is 1. The first-order chi connectivity index (χ1) is 7.24. The molecular formula is C12H26N2O. The molecule has 0 saturated carbocycles. The van der Waals surface area contributed by atoms with Crippen LogP contribution >= 0.6 is 0 Å². The van der Waals surface area contributed by atoms with E-state index in [0.29, 0.717) is 12.1 Å². The van der Waals surface area contributed by atoms with E-state index in [9.17, 15) is 0 Å². The summed E-state index contributed by atoms with van der Waals surface area (Å²) < 4.78 is 0. The maximum Gasteiger partial charge on any atom is 0.0558 e. The molecule has 1 unspecified atom stereocenters. The SMILES string of the molecule is CC(C)N(CCO)CCC1CCCCN1. The van der Waals surface area contributed by atoms with Gasteiger partial charge >= 0.3 is 0 Å². The third kappa shape index (κ3) is 4.96. The first kappa shape index (κ1) is 12.9. The Morgan fingerprint density at radius 3 is 2.67 bits per heavy atom. The number of hydrogen-bond donors (Lipinski definition) is 2. The normalized spacial score (nSPS) is 22.6. The van der Waals surface area contributed by atoms with E-state index in [2.05, 4.69) is 24.1 Å². The molecule has 0 bridgehead atoms. The number of nitrogens with zero attached hydrogens (tertiary/aromatic N) is 1. The van der Waals surface area contributed by atoms with Crippen molar-refractivity contribution in [3.05, 3.63) is 0 Å². The summed E-state index contributed by atoms with van der Waals surface area (Å²) in [6.07, 6.45) is 5.25. The first-order valence-electron chi connectivity index (χ1n) is 6.32. The van der Waals surface area contributed by atoms with Crippen molar-refractivity contribution in [1.29, 1.82) is 0 Å². The van der Waals surface area contributed by atoms with Crippen LogP contribution < -0.4 is 5.32 Å². The van der Waals surface area contributed by atoms with Crippen LogP contribution in [-0.4, -0.2) is 48.3 Å². The van der Waals surface area contributed by atoms with Gasteiger partial charge in [0, 0.05) is 18.6 Å². The number of hydrogen-bond acceptors (Lipinski definition) is 3. The number of rotatable bonds is 6. The van der Waals surface area contributed by atoms with E-state index in [1.165, 1.54) is 32.2 Å². The van der Waals surface area contributed by atoms with E-state index in [-0.39, 0.29) is 6.61 Å². The Balaban J connectivity index is 2.19. The molecule has 1 aliphatic heterocycles. The molecule has 0 aliphatic carbocycles. The average molecular weight is 214 g/mol. The summed E-state index contributed by atoms with van der Waals surface area (Å²) in [6, 6.07) is 1.25. The van der Waals surface area contributed by atoms with Crippen molar-refractivity contribution >= 4 is 0 Å². The minimum Gasteiger partial charge on any atom is -0.395 e. The molecule has 0 amide bonds. The van der Waals surface area contributed by atoms with Crippen LogP contribution in [0.1, 0.15) is 39.5 Å². The summed E-state index contributed by atoms with van der Waals surface area (Å²) in [6.45, 7) is 7.77. The Morgan fingerprint density at radius 2 is 2.13 bits per heavy atom. The predicted molar refractivity (Wildman–Crippen MR) is 64.1 cm³/mol. The van der Waals surface area contributed by atoms with E-state index in [1.54, 1.807) is 0 Å². The summed E-state index contributed by atoms with van der Waals surface area (Å²) in [7, 11) is 0. The lowest BCUT2D eigenvalue weighted by Crippen LogP contribution is -2.40. The van der Waals surface area contributed by atoms with Gasteiger partial charge in [0.25, 0.3) is 0 Å². The topological polar surface area (TPSA) is 35.5 Å². The fraction of sp³-hybridized carbons (Fsp3) is 1.00. The van der Waals surface area contributed by atoms with Crippen molar-refractivity contribution in [1.82, 2.24) is 10.2 Å². The van der Waals surface area contributed by atoms with Gasteiger partial charge in [-0.15, -0.1) is 0 Å². The zero-order valence-electron chi connectivity index (χ0n) is 10.2. The lowest BCUT2D eigenvalue weighted by atomic mass is 10.0. The van der Waals surface area contributed by atoms with Gasteiger partial charge in [-0.25, -0.2) is 0 Å². The lowest BCUT2D eigenvalue weighted by Gasteiger charge is -2.29. The van der Waals surface area contributed by atoms with Gasteiger partial charge in [0.15, 0.2) is 0 Å². The van der Waals surface area contributed by atoms with Gasteiger partial charge < -0.3 is 10.4 Å². The average Bonchev–Trinajstić information content (AvgIpc) is 2.25. The van der Waals surface area contributed by atoms with E-state index >= 15 is 0 Å². The van der Waals surface area contributed by atoms with Crippen molar-refractivity contribution < 1.29 is 5.11 Å². The molecule has 3 nitrogen and oxygen atoms in total. The van der Waals surface area contributed by atoms with Crippen LogP contribution in [0, 0.1) is 0 Å². The highest BCUT2D eigenvalue weighted by Gasteiger charge is 2.15. The summed E-state index contributed by atoms with van der Waals surface area (Å²) >= 11 is 0. The van der Waals surface area contributed by atoms with Crippen molar-refractivity contribution in [2.75, 3.05) is 26.2 Å². The monoisotopic (exact) mass is 214 g/mol. The third-order valence-electron chi connectivity index (χ3n) is 3.29. The molecule has 1 aliphatic rings. The van der Waals surface area contributed by atoms with Crippen LogP contribution in [0.5, 0.6) is 0 Å². The van der Waals surface area contributed by atoms with Crippen LogP contribution in [-0.2, 0) is 0 Å². The van der Waals surface area contributed by atoms with Crippen LogP contribution in [0.4, 0.5) is 0 Å². The predicted octanol–water partition coefficient (Wildman–Crippen LogP) is 1.22. The molecule has 0 aromatic carbocycles. The first-order valence-corrected chi connectivity index (χ1v) is 6.32. The Kier molecular flexibility index (Phi) is 6.22. The van der Waals surface area contributed by atoms with Gasteiger partial charge in [-0.1, -0.05) is 6.42 Å². The molecule has 3 heteroatoms. The van der Waals surface area contributed by atoms with E-state index in [4.69, 9.17) is 5.11 Å². The molecule has 1 rings (SSSR count). The molecule has 0 aromatic rings. The molecule has 1 saturated heterocycles. The number of aliphatic hydroxyl groups excluding tert-OH is 1. The Hall–Kier alpha value is -0.120. The Morgan fingerprint density at radius 1 is 1.33 bits per heavy atom. The minimum atomic E-state index is 0.274. The van der Waals surface area contributed by atoms with Gasteiger partial charge in [0.05, 0.1) is 6.61 Å². The highest BCUT2D eigenvalue weighted by Crippen LogP contribution is 2.11. The highest BCUT2D eigenvalue weighted by atomic mass is 16.3. The highest BCUT2D eigenvalue weighted by molar-refractivity contribution is 4.74. The summed E-state index contributed by atoms with van der Waals surface area (Å²) in [4.78, 5) is 2.36. The van der Waals surface area contributed by atoms with Gasteiger partial charge in [-0.2, -0.15) is 0 Å². The minimum absolute atomic E-state index is 0.274. The molecular weight excluding hydrogens is 188 g/mol. The molecule has 90 valence electrons. The maximum atomic E-state index is 8.97. The van der Waals surface area contributed by atoms with Crippen LogP contribution in [0.2, 0.25) is 0 Å². The molecule has 0 radical (unpaired) electrons. The smallest absolute Gasteiger partial charge is 0.0558 e. The van der Waals surface area contributed by atoms with Crippen molar-refractivity contribution in [2.24, 2.45) is 0 Å². The second kappa shape index (κ2) is 7.20. The largest absolute Gasteiger partial charge is 0.395 e. The van der Waals surface area contributed by atoms with Crippen LogP contribution in [0.3, 0.4) is 0 Å². The van der Waals surface area contributed by atoms with Gasteiger partial charge in [0.1, 0.15) is 0 Å². The van der Waals surface area contributed by atoms with Gasteiger partial charge in [-0.05, 0) is 46.2 Å². The zero-order chi connectivity index (χ0) is 11.1. The van der Waals surface area contributed by atoms with Crippen LogP contribution in [0.15, 0.2) is 0 Å². The van der Waals surface area contributed by atoms with E-state index in [0.717, 1.165) is 13.1 Å². The molecule has 0 spiro atoms. The van der Waals surface area contributed by atoms with E-state index in [1.807, 2.05) is 0 Å². The lowest BCUT2D eigenvalue weighted by molar-refractivity contribution is 0.157. The molecule has 1 fully saturated rings. The fourth-order valence-corrected chi connectivity index (χ4v) is 2.25. The Labute approximate surface area is 93.9 Å². The molecule has 2 N–H and O–H groups in total. The standard InChI is InChI=1S/C12H26N2O/c1-11(2)14(9-10-15)8-6-12-5-3-4-7-13-12/h11-13,15H,3-10H2,1-2H3. The Bertz CT molecular complexity index is 156. The zero-order valence-corrected chi connectivity index (χ0v) is 10.2.